The van der Waals surface area contributed by atoms with Gasteiger partial charge in [0.2, 0.25) is 11.8 Å². The number of anilines is 1. The van der Waals surface area contributed by atoms with Crippen molar-refractivity contribution in [1.29, 1.82) is 0 Å². The third-order valence-electron chi connectivity index (χ3n) is 5.19. The van der Waals surface area contributed by atoms with Crippen molar-refractivity contribution in [2.75, 3.05) is 4.90 Å². The molecule has 21 heavy (non-hydrogen) atoms. The molecule has 3 fully saturated rings. The van der Waals surface area contributed by atoms with Gasteiger partial charge in [0.15, 0.2) is 0 Å². The van der Waals surface area contributed by atoms with Crippen LogP contribution in [0.1, 0.15) is 6.42 Å². The molecule has 4 rings (SSSR count). The van der Waals surface area contributed by atoms with E-state index in [1.807, 2.05) is 0 Å². The Kier molecular flexibility index (Phi) is 2.70. The molecule has 110 valence electrons. The van der Waals surface area contributed by atoms with Crippen LogP contribution < -0.4 is 4.90 Å². The lowest BCUT2D eigenvalue weighted by Crippen LogP contribution is -2.43. The molecule has 3 aliphatic rings. The van der Waals surface area contributed by atoms with Crippen molar-refractivity contribution in [2.45, 2.75) is 18.6 Å². The predicted octanol–water partition coefficient (Wildman–Crippen LogP) is 0.817. The van der Waals surface area contributed by atoms with Crippen molar-refractivity contribution in [3.8, 4) is 0 Å². The van der Waals surface area contributed by atoms with E-state index in [9.17, 15) is 19.8 Å². The third-order valence-corrected chi connectivity index (χ3v) is 5.51. The summed E-state index contributed by atoms with van der Waals surface area (Å²) in [6.45, 7) is 0. The van der Waals surface area contributed by atoms with Gasteiger partial charge in [-0.05, 0) is 18.6 Å². The van der Waals surface area contributed by atoms with Gasteiger partial charge in [-0.1, -0.05) is 23.7 Å². The van der Waals surface area contributed by atoms with Gasteiger partial charge in [0, 0.05) is 11.8 Å². The quantitative estimate of drug-likeness (QED) is 0.753. The van der Waals surface area contributed by atoms with Crippen LogP contribution in [0.4, 0.5) is 5.69 Å². The van der Waals surface area contributed by atoms with Crippen molar-refractivity contribution in [3.63, 3.8) is 0 Å². The van der Waals surface area contributed by atoms with Crippen molar-refractivity contribution in [2.24, 2.45) is 23.7 Å². The minimum Gasteiger partial charge on any atom is -0.390 e. The smallest absolute Gasteiger partial charge is 0.238 e. The number of halogens is 1. The lowest BCUT2D eigenvalue weighted by Gasteiger charge is -2.29. The van der Waals surface area contributed by atoms with E-state index in [4.69, 9.17) is 11.6 Å². The first kappa shape index (κ1) is 13.2. The highest BCUT2D eigenvalue weighted by atomic mass is 35.5. The summed E-state index contributed by atoms with van der Waals surface area (Å²) in [6.07, 6.45) is -1.30. The van der Waals surface area contributed by atoms with Gasteiger partial charge in [0.1, 0.15) is 0 Å². The van der Waals surface area contributed by atoms with Crippen LogP contribution in [0.5, 0.6) is 0 Å². The van der Waals surface area contributed by atoms with Gasteiger partial charge in [-0.2, -0.15) is 0 Å². The van der Waals surface area contributed by atoms with E-state index < -0.39 is 24.0 Å². The molecule has 5 nitrogen and oxygen atoms in total. The molecular formula is C15H14ClNO4. The monoisotopic (exact) mass is 307 g/mol. The fraction of sp³-hybridized carbons (Fsp3) is 0.467. The number of amides is 2. The molecule has 1 aliphatic heterocycles. The largest absolute Gasteiger partial charge is 0.390 e. The molecule has 2 aliphatic carbocycles. The Morgan fingerprint density at radius 1 is 1.00 bits per heavy atom. The first-order valence-electron chi connectivity index (χ1n) is 7.01. The molecule has 1 saturated heterocycles. The minimum atomic E-state index is -0.917. The summed E-state index contributed by atoms with van der Waals surface area (Å²) in [6, 6.07) is 6.71. The van der Waals surface area contributed by atoms with Crippen LogP contribution in [0, 0.1) is 23.7 Å². The molecule has 0 unspecified atom stereocenters. The summed E-state index contributed by atoms with van der Waals surface area (Å²) in [5, 5.41) is 20.3. The standard InChI is InChI=1S/C15H14ClNO4/c16-8-3-1-2-4-9(8)17-14(20)10-6-5-7(11(10)15(17)21)13(19)12(6)18/h1-4,6-7,10-13,18-19H,5H2/t6-,7+,10-,11-,12+,13+/m1/s1. The molecular weight excluding hydrogens is 294 g/mol. The van der Waals surface area contributed by atoms with Gasteiger partial charge in [-0.25, -0.2) is 4.90 Å². The summed E-state index contributed by atoms with van der Waals surface area (Å²) in [7, 11) is 0. The second-order valence-corrected chi connectivity index (χ2v) is 6.47. The van der Waals surface area contributed by atoms with Crippen LogP contribution in [0.15, 0.2) is 24.3 Å². The summed E-state index contributed by atoms with van der Waals surface area (Å²) in [5.41, 5.74) is 0.381. The van der Waals surface area contributed by atoms with E-state index in [0.29, 0.717) is 17.1 Å². The van der Waals surface area contributed by atoms with Crippen LogP contribution in [0.25, 0.3) is 0 Å². The highest BCUT2D eigenvalue weighted by Crippen LogP contribution is 2.57. The molecule has 1 heterocycles. The van der Waals surface area contributed by atoms with Gasteiger partial charge >= 0.3 is 0 Å². The number of aliphatic hydroxyl groups is 2. The topological polar surface area (TPSA) is 77.8 Å². The normalized spacial score (nSPS) is 41.0. The SMILES string of the molecule is O=C1[C@@H]2[C@@H]3C[C@@H]([C@H](O)[C@H]3O)[C@H]2C(=O)N1c1ccccc1Cl. The van der Waals surface area contributed by atoms with Crippen LogP contribution >= 0.6 is 11.6 Å². The van der Waals surface area contributed by atoms with Crippen molar-refractivity contribution in [1.82, 2.24) is 0 Å². The Morgan fingerprint density at radius 3 is 2.05 bits per heavy atom. The molecule has 0 spiro atoms. The Balaban J connectivity index is 1.77. The molecule has 6 heteroatoms. The number of fused-ring (bicyclic) bond motifs is 5. The van der Waals surface area contributed by atoms with Crippen LogP contribution in [0.2, 0.25) is 5.02 Å². The maximum Gasteiger partial charge on any atom is 0.238 e. The lowest BCUT2D eigenvalue weighted by atomic mass is 9.78. The number of imide groups is 1. The van der Waals surface area contributed by atoms with E-state index >= 15 is 0 Å². The molecule has 2 bridgehead atoms. The molecule has 1 aromatic rings. The second-order valence-electron chi connectivity index (χ2n) is 6.06. The van der Waals surface area contributed by atoms with Crippen molar-refractivity contribution < 1.29 is 19.8 Å². The van der Waals surface area contributed by atoms with E-state index in [1.165, 1.54) is 0 Å². The molecule has 2 N–H and O–H groups in total. The average molecular weight is 308 g/mol. The van der Waals surface area contributed by atoms with Gasteiger partial charge in [-0.15, -0.1) is 0 Å². The number of hydrogen-bond donors (Lipinski definition) is 2. The fourth-order valence-electron chi connectivity index (χ4n) is 4.30. The average Bonchev–Trinajstić information content (AvgIpc) is 3.06. The van der Waals surface area contributed by atoms with Gasteiger partial charge in [-0.3, -0.25) is 9.59 Å². The third kappa shape index (κ3) is 1.54. The Hall–Kier alpha value is -1.43. The number of nitrogens with zero attached hydrogens (tertiary/aromatic N) is 1. The van der Waals surface area contributed by atoms with E-state index in [1.54, 1.807) is 24.3 Å². The molecule has 2 amide bonds. The summed E-state index contributed by atoms with van der Waals surface area (Å²) in [4.78, 5) is 26.4. The number of carbonyl (C=O) groups excluding carboxylic acids is 2. The number of para-hydroxylation sites is 1. The maximum absolute atomic E-state index is 12.6. The molecule has 2 saturated carbocycles. The molecule has 1 aromatic carbocycles. The zero-order valence-corrected chi connectivity index (χ0v) is 11.8. The lowest BCUT2D eigenvalue weighted by molar-refractivity contribution is -0.129. The number of benzene rings is 1. The number of hydrogen-bond acceptors (Lipinski definition) is 4. The van der Waals surface area contributed by atoms with Gasteiger partial charge in [0.05, 0.1) is 34.8 Å². The van der Waals surface area contributed by atoms with Gasteiger partial charge in [0.25, 0.3) is 0 Å². The Bertz CT molecular complexity index is 616. The summed E-state index contributed by atoms with van der Waals surface area (Å²) in [5.74, 6) is -2.35. The van der Waals surface area contributed by atoms with Crippen molar-refractivity contribution in [3.05, 3.63) is 29.3 Å². The van der Waals surface area contributed by atoms with Crippen LogP contribution in [0.3, 0.4) is 0 Å². The van der Waals surface area contributed by atoms with E-state index in [-0.39, 0.29) is 23.7 Å². The Morgan fingerprint density at radius 2 is 1.52 bits per heavy atom. The highest BCUT2D eigenvalue weighted by molar-refractivity contribution is 6.36. The molecule has 6 atom stereocenters. The zero-order valence-electron chi connectivity index (χ0n) is 11.0. The number of carbonyl (C=O) groups is 2. The summed E-state index contributed by atoms with van der Waals surface area (Å²) >= 11 is 6.09. The number of rotatable bonds is 1. The molecule has 0 aromatic heterocycles. The highest BCUT2D eigenvalue weighted by Gasteiger charge is 2.67. The van der Waals surface area contributed by atoms with Crippen LogP contribution in [-0.4, -0.2) is 34.2 Å². The second kappa shape index (κ2) is 4.29. The van der Waals surface area contributed by atoms with E-state index in [2.05, 4.69) is 0 Å². The van der Waals surface area contributed by atoms with Gasteiger partial charge < -0.3 is 10.2 Å². The maximum atomic E-state index is 12.6. The number of aliphatic hydroxyl groups excluding tert-OH is 2. The first-order valence-corrected chi connectivity index (χ1v) is 7.38. The fourth-order valence-corrected chi connectivity index (χ4v) is 4.52. The summed E-state index contributed by atoms with van der Waals surface area (Å²) < 4.78 is 0. The van der Waals surface area contributed by atoms with E-state index in [0.717, 1.165) is 4.90 Å². The predicted molar refractivity (Wildman–Crippen MR) is 74.5 cm³/mol. The molecule has 0 radical (unpaired) electrons. The first-order chi connectivity index (χ1) is 10.0. The minimum absolute atomic E-state index is 0.309. The van der Waals surface area contributed by atoms with Crippen molar-refractivity contribution >= 4 is 29.1 Å². The van der Waals surface area contributed by atoms with Crippen LogP contribution in [-0.2, 0) is 9.59 Å². The zero-order chi connectivity index (χ0) is 14.9. The Labute approximate surface area is 126 Å².